The molecule has 2 heterocycles. The summed E-state index contributed by atoms with van der Waals surface area (Å²) in [6, 6.07) is 11.6. The molecule has 176 valence electrons. The van der Waals surface area contributed by atoms with Gasteiger partial charge in [0.1, 0.15) is 11.6 Å². The Morgan fingerprint density at radius 3 is 2.58 bits per heavy atom. The number of hydrogen-bond donors (Lipinski definition) is 2. The number of amides is 1. The van der Waals surface area contributed by atoms with Crippen molar-refractivity contribution in [3.8, 4) is 5.75 Å². The van der Waals surface area contributed by atoms with Crippen LogP contribution in [0.4, 0.5) is 0 Å². The predicted octanol–water partition coefficient (Wildman–Crippen LogP) is 2.72. The van der Waals surface area contributed by atoms with Gasteiger partial charge in [0.25, 0.3) is 5.91 Å². The summed E-state index contributed by atoms with van der Waals surface area (Å²) in [5.74, 6) is 0.516. The Balaban J connectivity index is 1.65. The van der Waals surface area contributed by atoms with Crippen molar-refractivity contribution in [3.63, 3.8) is 0 Å². The van der Waals surface area contributed by atoms with Gasteiger partial charge >= 0.3 is 0 Å². The van der Waals surface area contributed by atoms with Crippen molar-refractivity contribution >= 4 is 27.0 Å². The minimum Gasteiger partial charge on any atom is -0.496 e. The molecule has 1 aliphatic heterocycles. The summed E-state index contributed by atoms with van der Waals surface area (Å²) in [6.07, 6.45) is 0. The van der Waals surface area contributed by atoms with Crippen LogP contribution < -0.4 is 10.1 Å². The zero-order valence-electron chi connectivity index (χ0n) is 18.9. The fraction of sp³-hybridized carbons (Fsp3) is 0.391. The van der Waals surface area contributed by atoms with E-state index >= 15 is 0 Å². The van der Waals surface area contributed by atoms with Crippen molar-refractivity contribution in [1.82, 2.24) is 19.6 Å². The number of hydrogen-bond acceptors (Lipinski definition) is 6. The summed E-state index contributed by atoms with van der Waals surface area (Å²) < 4.78 is 38.2. The maximum Gasteiger partial charge on any atom is 0.255 e. The normalized spacial score (nSPS) is 16.1. The number of sulfonamides is 1. The molecule has 1 aliphatic rings. The van der Waals surface area contributed by atoms with Gasteiger partial charge in [0.05, 0.1) is 47.9 Å². The standard InChI is InChI=1S/C23H28N4O5S/c1-15(2)21(22-24-18-6-4-5-7-19(18)25-22)26-23(28)17-14-16(8-9-20(17)31-3)33(29,30)27-10-12-32-13-11-27/h4-9,14-15,21H,10-13H2,1-3H3,(H,24,25)(H,26,28)/t21-/m0/s1. The van der Waals surface area contributed by atoms with Gasteiger partial charge in [0.2, 0.25) is 10.0 Å². The highest BCUT2D eigenvalue weighted by molar-refractivity contribution is 7.89. The lowest BCUT2D eigenvalue weighted by atomic mass is 10.0. The average molecular weight is 473 g/mol. The van der Waals surface area contributed by atoms with Gasteiger partial charge in [-0.05, 0) is 36.2 Å². The Hall–Kier alpha value is -2.95. The van der Waals surface area contributed by atoms with E-state index in [0.29, 0.717) is 24.8 Å². The summed E-state index contributed by atoms with van der Waals surface area (Å²) in [5, 5.41) is 3.00. The number of aromatic nitrogens is 2. The largest absolute Gasteiger partial charge is 0.496 e. The van der Waals surface area contributed by atoms with E-state index in [1.54, 1.807) is 0 Å². The summed E-state index contributed by atoms with van der Waals surface area (Å²) in [7, 11) is -2.31. The summed E-state index contributed by atoms with van der Waals surface area (Å²) in [4.78, 5) is 21.3. The first-order valence-electron chi connectivity index (χ1n) is 10.8. The highest BCUT2D eigenvalue weighted by atomic mass is 32.2. The van der Waals surface area contributed by atoms with Gasteiger partial charge in [-0.15, -0.1) is 0 Å². The average Bonchev–Trinajstić information content (AvgIpc) is 3.26. The smallest absolute Gasteiger partial charge is 0.255 e. The van der Waals surface area contributed by atoms with E-state index in [0.717, 1.165) is 11.0 Å². The molecule has 1 fully saturated rings. The molecule has 0 unspecified atom stereocenters. The zero-order valence-corrected chi connectivity index (χ0v) is 19.7. The van der Waals surface area contributed by atoms with Crippen molar-refractivity contribution in [2.75, 3.05) is 33.4 Å². The van der Waals surface area contributed by atoms with Crippen molar-refractivity contribution in [3.05, 3.63) is 53.9 Å². The number of rotatable bonds is 7. The maximum atomic E-state index is 13.3. The van der Waals surface area contributed by atoms with Crippen LogP contribution in [0.3, 0.4) is 0 Å². The van der Waals surface area contributed by atoms with E-state index < -0.39 is 22.0 Å². The molecule has 9 nitrogen and oxygen atoms in total. The summed E-state index contributed by atoms with van der Waals surface area (Å²) in [6.45, 7) is 5.20. The van der Waals surface area contributed by atoms with Gasteiger partial charge in [-0.2, -0.15) is 4.31 Å². The first-order valence-corrected chi connectivity index (χ1v) is 12.3. The molecule has 0 radical (unpaired) electrons. The number of benzene rings is 2. The molecule has 4 rings (SSSR count). The van der Waals surface area contributed by atoms with E-state index in [1.807, 2.05) is 38.1 Å². The number of para-hydroxylation sites is 2. The van der Waals surface area contributed by atoms with Crippen LogP contribution in [0.15, 0.2) is 47.4 Å². The lowest BCUT2D eigenvalue weighted by molar-refractivity contribution is 0.0730. The maximum absolute atomic E-state index is 13.3. The van der Waals surface area contributed by atoms with Gasteiger partial charge in [-0.1, -0.05) is 26.0 Å². The number of ether oxygens (including phenoxy) is 2. The number of methoxy groups -OCH3 is 1. The fourth-order valence-electron chi connectivity index (χ4n) is 3.85. The molecule has 0 bridgehead atoms. The molecule has 10 heteroatoms. The topological polar surface area (TPSA) is 114 Å². The molecule has 1 atom stereocenters. The highest BCUT2D eigenvalue weighted by Gasteiger charge is 2.29. The van der Waals surface area contributed by atoms with Gasteiger partial charge in [0, 0.05) is 13.1 Å². The first kappa shape index (κ1) is 23.2. The third-order valence-electron chi connectivity index (χ3n) is 5.68. The number of nitrogens with zero attached hydrogens (tertiary/aromatic N) is 2. The first-order chi connectivity index (χ1) is 15.8. The predicted molar refractivity (Wildman–Crippen MR) is 124 cm³/mol. The second-order valence-electron chi connectivity index (χ2n) is 8.21. The highest BCUT2D eigenvalue weighted by Crippen LogP contribution is 2.27. The second-order valence-corrected chi connectivity index (χ2v) is 10.2. The monoisotopic (exact) mass is 472 g/mol. The van der Waals surface area contributed by atoms with Crippen molar-refractivity contribution in [2.45, 2.75) is 24.8 Å². The van der Waals surface area contributed by atoms with E-state index in [-0.39, 0.29) is 29.5 Å². The zero-order chi connectivity index (χ0) is 23.6. The number of imidazole rings is 1. The van der Waals surface area contributed by atoms with Gasteiger partial charge in [0.15, 0.2) is 0 Å². The number of carbonyl (C=O) groups excluding carboxylic acids is 1. The lowest BCUT2D eigenvalue weighted by Gasteiger charge is -2.26. The van der Waals surface area contributed by atoms with Gasteiger partial charge in [-0.25, -0.2) is 13.4 Å². The molecule has 1 aromatic heterocycles. The number of nitrogens with one attached hydrogen (secondary N) is 2. The van der Waals surface area contributed by atoms with Crippen LogP contribution in [-0.4, -0.2) is 62.0 Å². The summed E-state index contributed by atoms with van der Waals surface area (Å²) >= 11 is 0. The van der Waals surface area contributed by atoms with Crippen LogP contribution in [0.5, 0.6) is 5.75 Å². The molecule has 1 amide bonds. The van der Waals surface area contributed by atoms with E-state index in [4.69, 9.17) is 9.47 Å². The van der Waals surface area contributed by atoms with Gasteiger partial charge < -0.3 is 19.8 Å². The number of fused-ring (bicyclic) bond motifs is 1. The number of H-pyrrole nitrogens is 1. The van der Waals surface area contributed by atoms with Crippen LogP contribution >= 0.6 is 0 Å². The third kappa shape index (κ3) is 4.73. The fourth-order valence-corrected chi connectivity index (χ4v) is 5.29. The molecule has 0 aliphatic carbocycles. The van der Waals surface area contributed by atoms with Crippen LogP contribution in [-0.2, 0) is 14.8 Å². The van der Waals surface area contributed by atoms with Crippen molar-refractivity contribution in [1.29, 1.82) is 0 Å². The van der Waals surface area contributed by atoms with E-state index in [9.17, 15) is 13.2 Å². The second kappa shape index (κ2) is 9.50. The minimum atomic E-state index is -3.76. The number of carbonyl (C=O) groups is 1. The molecular formula is C23H28N4O5S. The van der Waals surface area contributed by atoms with Gasteiger partial charge in [-0.3, -0.25) is 4.79 Å². The van der Waals surface area contributed by atoms with Crippen LogP contribution in [0, 0.1) is 5.92 Å². The molecule has 2 aromatic carbocycles. The van der Waals surface area contributed by atoms with Crippen LogP contribution in [0.1, 0.15) is 36.1 Å². The third-order valence-corrected chi connectivity index (χ3v) is 7.57. The molecular weight excluding hydrogens is 444 g/mol. The minimum absolute atomic E-state index is 0.0285. The lowest BCUT2D eigenvalue weighted by Crippen LogP contribution is -2.40. The Morgan fingerprint density at radius 2 is 1.91 bits per heavy atom. The Kier molecular flexibility index (Phi) is 6.68. The van der Waals surface area contributed by atoms with Crippen LogP contribution in [0.25, 0.3) is 11.0 Å². The quantitative estimate of drug-likeness (QED) is 0.547. The molecule has 0 spiro atoms. The SMILES string of the molecule is COc1ccc(S(=O)(=O)N2CCOCC2)cc1C(=O)N[C@H](c1nc2ccccc2[nH]1)C(C)C. The van der Waals surface area contributed by atoms with Crippen LogP contribution in [0.2, 0.25) is 0 Å². The van der Waals surface area contributed by atoms with Crippen molar-refractivity contribution < 1.29 is 22.7 Å². The Morgan fingerprint density at radius 1 is 1.18 bits per heavy atom. The molecule has 3 aromatic rings. The number of aromatic amines is 1. The Bertz CT molecular complexity index is 1220. The summed E-state index contributed by atoms with van der Waals surface area (Å²) in [5.41, 5.74) is 1.83. The number of morpholine rings is 1. The molecule has 33 heavy (non-hydrogen) atoms. The molecule has 2 N–H and O–H groups in total. The van der Waals surface area contributed by atoms with E-state index in [1.165, 1.54) is 29.6 Å². The van der Waals surface area contributed by atoms with E-state index in [2.05, 4.69) is 15.3 Å². The molecule has 0 saturated carbocycles. The Labute approximate surface area is 193 Å². The molecule has 1 saturated heterocycles. The van der Waals surface area contributed by atoms with Crippen molar-refractivity contribution in [2.24, 2.45) is 5.92 Å².